The third-order valence-corrected chi connectivity index (χ3v) is 1.85. The second-order valence-corrected chi connectivity index (χ2v) is 3.51. The predicted octanol–water partition coefficient (Wildman–Crippen LogP) is 2.32. The number of nitrogens with two attached hydrogens (primary N) is 1. The van der Waals surface area contributed by atoms with Crippen LogP contribution in [0.15, 0.2) is 4.42 Å². The third kappa shape index (κ3) is 2.71. The molecular formula is C9H13F3N2O. The summed E-state index contributed by atoms with van der Waals surface area (Å²) >= 11 is 0. The molecular weight excluding hydrogens is 209 g/mol. The highest BCUT2D eigenvalue weighted by Gasteiger charge is 2.39. The number of nitrogens with zero attached hydrogens (tertiary/aromatic N) is 1. The van der Waals surface area contributed by atoms with Gasteiger partial charge < -0.3 is 10.2 Å². The van der Waals surface area contributed by atoms with Crippen molar-refractivity contribution in [2.24, 2.45) is 5.73 Å². The lowest BCUT2D eigenvalue weighted by Crippen LogP contribution is -2.10. The first-order valence-electron chi connectivity index (χ1n) is 4.63. The maximum atomic E-state index is 12.5. The van der Waals surface area contributed by atoms with Gasteiger partial charge in [0.1, 0.15) is 5.76 Å². The monoisotopic (exact) mass is 222 g/mol. The summed E-state index contributed by atoms with van der Waals surface area (Å²) in [5, 5.41) is 0. The number of oxazole rings is 1. The molecule has 0 saturated heterocycles. The van der Waals surface area contributed by atoms with Gasteiger partial charge in [-0.3, -0.25) is 0 Å². The summed E-state index contributed by atoms with van der Waals surface area (Å²) in [6, 6.07) is 0. The number of hydrogen-bond acceptors (Lipinski definition) is 3. The van der Waals surface area contributed by atoms with Gasteiger partial charge in [-0.2, -0.15) is 13.2 Å². The average molecular weight is 222 g/mol. The Morgan fingerprint density at radius 3 is 2.33 bits per heavy atom. The molecule has 1 aromatic heterocycles. The van der Waals surface area contributed by atoms with Gasteiger partial charge in [-0.15, -0.1) is 0 Å². The minimum atomic E-state index is -4.46. The van der Waals surface area contributed by atoms with Crippen molar-refractivity contribution in [2.75, 3.05) is 6.54 Å². The van der Waals surface area contributed by atoms with Gasteiger partial charge in [-0.05, 0) is 0 Å². The number of alkyl halides is 3. The Morgan fingerprint density at radius 2 is 2.00 bits per heavy atom. The SMILES string of the molecule is CC(C)c1oc(CCN)nc1C(F)(F)F. The zero-order valence-electron chi connectivity index (χ0n) is 8.56. The Morgan fingerprint density at radius 1 is 1.40 bits per heavy atom. The fraction of sp³-hybridized carbons (Fsp3) is 0.667. The van der Waals surface area contributed by atoms with Crippen LogP contribution in [0.25, 0.3) is 0 Å². The Labute approximate surface area is 85.5 Å². The molecule has 1 aromatic rings. The van der Waals surface area contributed by atoms with Crippen LogP contribution in [0.5, 0.6) is 0 Å². The molecule has 15 heavy (non-hydrogen) atoms. The number of halogens is 3. The van der Waals surface area contributed by atoms with Crippen molar-refractivity contribution in [3.63, 3.8) is 0 Å². The predicted molar refractivity (Wildman–Crippen MR) is 48.4 cm³/mol. The van der Waals surface area contributed by atoms with Gasteiger partial charge in [0.15, 0.2) is 11.6 Å². The molecule has 1 rings (SSSR count). The summed E-state index contributed by atoms with van der Waals surface area (Å²) in [5.41, 5.74) is 4.29. The fourth-order valence-electron chi connectivity index (χ4n) is 1.20. The summed E-state index contributed by atoms with van der Waals surface area (Å²) in [4.78, 5) is 3.42. The second-order valence-electron chi connectivity index (χ2n) is 3.51. The van der Waals surface area contributed by atoms with E-state index in [0.717, 1.165) is 0 Å². The van der Waals surface area contributed by atoms with Crippen LogP contribution < -0.4 is 5.73 Å². The van der Waals surface area contributed by atoms with E-state index >= 15 is 0 Å². The van der Waals surface area contributed by atoms with E-state index in [1.165, 1.54) is 0 Å². The third-order valence-electron chi connectivity index (χ3n) is 1.85. The summed E-state index contributed by atoms with van der Waals surface area (Å²) in [7, 11) is 0. The van der Waals surface area contributed by atoms with E-state index in [1.807, 2.05) is 0 Å². The molecule has 0 spiro atoms. The largest absolute Gasteiger partial charge is 0.445 e. The highest BCUT2D eigenvalue weighted by Crippen LogP contribution is 2.35. The normalized spacial score (nSPS) is 12.5. The van der Waals surface area contributed by atoms with Crippen LogP contribution in [0.2, 0.25) is 0 Å². The average Bonchev–Trinajstić information content (AvgIpc) is 2.48. The second kappa shape index (κ2) is 4.22. The molecule has 3 nitrogen and oxygen atoms in total. The molecule has 0 bridgehead atoms. The first-order valence-corrected chi connectivity index (χ1v) is 4.63. The zero-order valence-corrected chi connectivity index (χ0v) is 8.56. The summed E-state index contributed by atoms with van der Waals surface area (Å²) in [5.74, 6) is -0.417. The Balaban J connectivity index is 3.12. The van der Waals surface area contributed by atoms with Crippen LogP contribution in [-0.2, 0) is 12.6 Å². The van der Waals surface area contributed by atoms with Gasteiger partial charge in [-0.25, -0.2) is 4.98 Å². The van der Waals surface area contributed by atoms with Crippen molar-refractivity contribution in [3.8, 4) is 0 Å². The molecule has 0 atom stereocenters. The van der Waals surface area contributed by atoms with E-state index in [9.17, 15) is 13.2 Å². The standard InChI is InChI=1S/C9H13F3N2O/c1-5(2)7-8(9(10,11)12)14-6(15-7)3-4-13/h5H,3-4,13H2,1-2H3. The number of hydrogen-bond donors (Lipinski definition) is 1. The van der Waals surface area contributed by atoms with E-state index in [2.05, 4.69) is 4.98 Å². The molecule has 0 amide bonds. The van der Waals surface area contributed by atoms with Gasteiger partial charge >= 0.3 is 6.18 Å². The molecule has 0 radical (unpaired) electrons. The van der Waals surface area contributed by atoms with Crippen molar-refractivity contribution in [2.45, 2.75) is 32.4 Å². The van der Waals surface area contributed by atoms with Crippen LogP contribution >= 0.6 is 0 Å². The van der Waals surface area contributed by atoms with Crippen molar-refractivity contribution < 1.29 is 17.6 Å². The minimum Gasteiger partial charge on any atom is -0.445 e. The molecule has 6 heteroatoms. The smallest absolute Gasteiger partial charge is 0.436 e. The van der Waals surface area contributed by atoms with Gasteiger partial charge in [0.2, 0.25) is 0 Å². The maximum Gasteiger partial charge on any atom is 0.436 e. The van der Waals surface area contributed by atoms with Crippen LogP contribution in [0.3, 0.4) is 0 Å². The first kappa shape index (κ1) is 12.0. The van der Waals surface area contributed by atoms with Crippen molar-refractivity contribution in [1.29, 1.82) is 0 Å². The molecule has 0 aliphatic carbocycles. The van der Waals surface area contributed by atoms with Gasteiger partial charge in [0, 0.05) is 18.9 Å². The molecule has 1 heterocycles. The summed E-state index contributed by atoms with van der Waals surface area (Å²) in [6.45, 7) is 3.47. The molecule has 0 fully saturated rings. The van der Waals surface area contributed by atoms with Crippen molar-refractivity contribution in [1.82, 2.24) is 4.98 Å². The van der Waals surface area contributed by atoms with E-state index in [4.69, 9.17) is 10.2 Å². The maximum absolute atomic E-state index is 12.5. The van der Waals surface area contributed by atoms with Gasteiger partial charge in [0.25, 0.3) is 0 Å². The molecule has 0 saturated carbocycles. The summed E-state index contributed by atoms with van der Waals surface area (Å²) in [6.07, 6.45) is -4.24. The highest BCUT2D eigenvalue weighted by atomic mass is 19.4. The Bertz CT molecular complexity index is 331. The number of aromatic nitrogens is 1. The van der Waals surface area contributed by atoms with Crippen LogP contribution in [-0.4, -0.2) is 11.5 Å². The van der Waals surface area contributed by atoms with E-state index in [1.54, 1.807) is 13.8 Å². The van der Waals surface area contributed by atoms with Gasteiger partial charge in [0.05, 0.1) is 0 Å². The Hall–Kier alpha value is -1.04. The molecule has 86 valence electrons. The summed E-state index contributed by atoms with van der Waals surface area (Å²) < 4.78 is 42.6. The van der Waals surface area contributed by atoms with Crippen LogP contribution in [0, 0.1) is 0 Å². The van der Waals surface area contributed by atoms with Crippen molar-refractivity contribution >= 4 is 0 Å². The zero-order chi connectivity index (χ0) is 11.6. The lowest BCUT2D eigenvalue weighted by Gasteiger charge is -2.06. The van der Waals surface area contributed by atoms with E-state index < -0.39 is 11.9 Å². The number of rotatable bonds is 3. The highest BCUT2D eigenvalue weighted by molar-refractivity contribution is 5.17. The van der Waals surface area contributed by atoms with Gasteiger partial charge in [-0.1, -0.05) is 13.8 Å². The topological polar surface area (TPSA) is 52.0 Å². The van der Waals surface area contributed by atoms with Crippen LogP contribution in [0.4, 0.5) is 13.2 Å². The molecule has 0 unspecified atom stereocenters. The van der Waals surface area contributed by atoms with E-state index in [0.29, 0.717) is 0 Å². The lowest BCUT2D eigenvalue weighted by molar-refractivity contribution is -0.142. The van der Waals surface area contributed by atoms with E-state index in [-0.39, 0.29) is 30.5 Å². The lowest BCUT2D eigenvalue weighted by atomic mass is 10.1. The fourth-order valence-corrected chi connectivity index (χ4v) is 1.20. The van der Waals surface area contributed by atoms with Crippen LogP contribution in [0.1, 0.15) is 37.1 Å². The molecule has 0 aliphatic rings. The Kier molecular flexibility index (Phi) is 3.38. The molecule has 2 N–H and O–H groups in total. The van der Waals surface area contributed by atoms with Crippen molar-refractivity contribution in [3.05, 3.63) is 17.3 Å². The quantitative estimate of drug-likeness (QED) is 0.853. The molecule has 0 aliphatic heterocycles. The minimum absolute atomic E-state index is 0.0496. The molecule has 0 aromatic carbocycles. The first-order chi connectivity index (χ1) is 6.86.